The molecule has 1 aliphatic rings. The Morgan fingerprint density at radius 3 is 2.55 bits per heavy atom. The molecule has 0 amide bonds. The lowest BCUT2D eigenvalue weighted by molar-refractivity contribution is -0.222. The first kappa shape index (κ1) is 16.5. The quantitative estimate of drug-likeness (QED) is 0.512. The molecule has 1 aromatic rings. The van der Waals surface area contributed by atoms with E-state index >= 15 is 0 Å². The summed E-state index contributed by atoms with van der Waals surface area (Å²) in [6, 6.07) is 9.01. The summed E-state index contributed by atoms with van der Waals surface area (Å²) in [5.74, 6) is -1.25. The number of benzene rings is 1. The van der Waals surface area contributed by atoms with Crippen molar-refractivity contribution in [2.45, 2.75) is 39.1 Å². The van der Waals surface area contributed by atoms with Crippen molar-refractivity contribution in [1.29, 1.82) is 0 Å². The molecule has 0 saturated carbocycles. The van der Waals surface area contributed by atoms with Crippen LogP contribution in [0.1, 0.15) is 32.8 Å². The summed E-state index contributed by atoms with van der Waals surface area (Å²) >= 11 is 0. The van der Waals surface area contributed by atoms with Gasteiger partial charge in [0, 0.05) is 12.2 Å². The number of allylic oxidation sites excluding steroid dienone is 2. The first-order valence-corrected chi connectivity index (χ1v) is 7.50. The smallest absolute Gasteiger partial charge is 0.195 e. The molecule has 118 valence electrons. The molecule has 22 heavy (non-hydrogen) atoms. The van der Waals surface area contributed by atoms with Crippen LogP contribution in [0.3, 0.4) is 0 Å². The van der Waals surface area contributed by atoms with Crippen molar-refractivity contribution in [2.24, 2.45) is 0 Å². The molecule has 0 spiro atoms. The van der Waals surface area contributed by atoms with Crippen molar-refractivity contribution < 1.29 is 19.4 Å². The van der Waals surface area contributed by atoms with Gasteiger partial charge >= 0.3 is 0 Å². The van der Waals surface area contributed by atoms with E-state index in [-0.39, 0.29) is 29.6 Å². The molecule has 1 aliphatic carbocycles. The minimum Gasteiger partial charge on any atom is -0.507 e. The van der Waals surface area contributed by atoms with E-state index < -0.39 is 5.79 Å². The fraction of sp³-hybridized carbons (Fsp3) is 0.389. The van der Waals surface area contributed by atoms with Gasteiger partial charge in [0.15, 0.2) is 11.6 Å². The van der Waals surface area contributed by atoms with Crippen molar-refractivity contribution in [3.63, 3.8) is 0 Å². The summed E-state index contributed by atoms with van der Waals surface area (Å²) < 4.78 is 11.4. The maximum absolute atomic E-state index is 12.5. The molecule has 1 aromatic carbocycles. The third kappa shape index (κ3) is 3.64. The lowest BCUT2D eigenvalue weighted by Gasteiger charge is -2.34. The van der Waals surface area contributed by atoms with Crippen molar-refractivity contribution in [2.75, 3.05) is 6.61 Å². The van der Waals surface area contributed by atoms with Gasteiger partial charge in [0.1, 0.15) is 5.76 Å². The highest BCUT2D eigenvalue weighted by Gasteiger charge is 2.37. The van der Waals surface area contributed by atoms with Gasteiger partial charge in [-0.2, -0.15) is 0 Å². The van der Waals surface area contributed by atoms with Gasteiger partial charge in [-0.3, -0.25) is 4.79 Å². The summed E-state index contributed by atoms with van der Waals surface area (Å²) in [5.41, 5.74) is 0.901. The van der Waals surface area contributed by atoms with Crippen LogP contribution in [0.4, 0.5) is 0 Å². The Labute approximate surface area is 131 Å². The molecular formula is C18H22O4. The van der Waals surface area contributed by atoms with E-state index in [9.17, 15) is 9.90 Å². The Hall–Kier alpha value is -1.91. The number of aliphatic hydroxyl groups is 1. The van der Waals surface area contributed by atoms with Crippen LogP contribution in [0, 0.1) is 0 Å². The van der Waals surface area contributed by atoms with Crippen molar-refractivity contribution in [3.8, 4) is 0 Å². The van der Waals surface area contributed by atoms with E-state index in [1.54, 1.807) is 24.3 Å². The van der Waals surface area contributed by atoms with Crippen molar-refractivity contribution in [1.82, 2.24) is 0 Å². The molecule has 0 heterocycles. The average Bonchev–Trinajstić information content (AvgIpc) is 2.47. The predicted octanol–water partition coefficient (Wildman–Crippen LogP) is 3.64. The highest BCUT2D eigenvalue weighted by molar-refractivity contribution is 6.05. The Balaban J connectivity index is 2.36. The largest absolute Gasteiger partial charge is 0.507 e. The molecule has 0 bridgehead atoms. The number of hydrogen-bond donors (Lipinski definition) is 1. The summed E-state index contributed by atoms with van der Waals surface area (Å²) in [6.07, 6.45) is 3.29. The van der Waals surface area contributed by atoms with Crippen LogP contribution in [0.2, 0.25) is 0 Å². The van der Waals surface area contributed by atoms with Gasteiger partial charge in [-0.1, -0.05) is 30.3 Å². The van der Waals surface area contributed by atoms with E-state index in [0.717, 1.165) is 0 Å². The first-order valence-electron chi connectivity index (χ1n) is 7.50. The summed E-state index contributed by atoms with van der Waals surface area (Å²) in [4.78, 5) is 12.5. The van der Waals surface area contributed by atoms with Gasteiger partial charge in [0.2, 0.25) is 0 Å². The van der Waals surface area contributed by atoms with Crippen LogP contribution in [0.5, 0.6) is 0 Å². The number of aliphatic hydroxyl groups excluding tert-OH is 1. The van der Waals surface area contributed by atoms with E-state index in [0.29, 0.717) is 12.2 Å². The lowest BCUT2D eigenvalue weighted by atomic mass is 9.92. The molecule has 0 aliphatic heterocycles. The summed E-state index contributed by atoms with van der Waals surface area (Å²) in [7, 11) is 0. The number of ether oxygens (including phenoxy) is 2. The minimum atomic E-state index is -1.04. The molecule has 0 aromatic heterocycles. The van der Waals surface area contributed by atoms with Gasteiger partial charge in [0.25, 0.3) is 0 Å². The van der Waals surface area contributed by atoms with Crippen LogP contribution in [0.15, 0.2) is 48.1 Å². The van der Waals surface area contributed by atoms with Gasteiger partial charge in [-0.25, -0.2) is 0 Å². The Bertz CT molecular complexity index is 586. The molecule has 1 atom stereocenters. The van der Waals surface area contributed by atoms with Gasteiger partial charge < -0.3 is 14.6 Å². The maximum atomic E-state index is 12.5. The number of rotatable bonds is 5. The second-order valence-corrected chi connectivity index (χ2v) is 5.47. The second kappa shape index (κ2) is 6.90. The number of carbonyl (C=O) groups is 1. The zero-order valence-corrected chi connectivity index (χ0v) is 13.2. The molecular weight excluding hydrogens is 280 g/mol. The summed E-state index contributed by atoms with van der Waals surface area (Å²) in [5, 5.41) is 10.3. The van der Waals surface area contributed by atoms with Crippen LogP contribution in [0.25, 0.3) is 5.76 Å². The number of carbonyl (C=O) groups excluding carboxylic acids is 1. The van der Waals surface area contributed by atoms with Crippen LogP contribution >= 0.6 is 0 Å². The fourth-order valence-corrected chi connectivity index (χ4v) is 2.50. The molecule has 0 fully saturated rings. The highest BCUT2D eigenvalue weighted by atomic mass is 16.7. The standard InChI is InChI=1S/C18H22O4/c1-4-21-18(22-13(2)3)11-10-15(16(19)12-18)17(20)14-8-6-5-7-9-14/h5-11,13,20H,4,12H2,1-3H3. The van der Waals surface area contributed by atoms with E-state index in [1.807, 2.05) is 39.0 Å². The number of Topliss-reactive ketones (excluding diaryl/α,β-unsaturated/α-hetero) is 1. The molecule has 0 saturated heterocycles. The molecule has 1 unspecified atom stereocenters. The van der Waals surface area contributed by atoms with Crippen LogP contribution in [-0.4, -0.2) is 29.4 Å². The first-order chi connectivity index (χ1) is 10.5. The highest BCUT2D eigenvalue weighted by Crippen LogP contribution is 2.31. The zero-order valence-electron chi connectivity index (χ0n) is 13.2. The Morgan fingerprint density at radius 2 is 2.00 bits per heavy atom. The third-order valence-electron chi connectivity index (χ3n) is 3.34. The SMILES string of the molecule is CCOC1(OC(C)C)C=CC(=C(O)c2ccccc2)C(=O)C1. The normalized spacial score (nSPS) is 23.9. The average molecular weight is 302 g/mol. The zero-order chi connectivity index (χ0) is 16.2. The molecule has 4 nitrogen and oxygen atoms in total. The minimum absolute atomic E-state index is 0.0171. The monoisotopic (exact) mass is 302 g/mol. The fourth-order valence-electron chi connectivity index (χ4n) is 2.50. The van der Waals surface area contributed by atoms with Crippen LogP contribution in [-0.2, 0) is 14.3 Å². The van der Waals surface area contributed by atoms with E-state index in [1.165, 1.54) is 0 Å². The van der Waals surface area contributed by atoms with Crippen molar-refractivity contribution >= 4 is 11.5 Å². The second-order valence-electron chi connectivity index (χ2n) is 5.47. The predicted molar refractivity (Wildman–Crippen MR) is 85.3 cm³/mol. The van der Waals surface area contributed by atoms with E-state index in [4.69, 9.17) is 9.47 Å². The third-order valence-corrected chi connectivity index (χ3v) is 3.34. The molecule has 1 N–H and O–H groups in total. The number of hydrogen-bond acceptors (Lipinski definition) is 4. The Kier molecular flexibility index (Phi) is 5.16. The van der Waals surface area contributed by atoms with Gasteiger partial charge in [-0.05, 0) is 32.9 Å². The maximum Gasteiger partial charge on any atom is 0.195 e. The van der Waals surface area contributed by atoms with Crippen molar-refractivity contribution in [3.05, 3.63) is 53.6 Å². The topological polar surface area (TPSA) is 55.8 Å². The Morgan fingerprint density at radius 1 is 1.32 bits per heavy atom. The molecule has 4 heteroatoms. The number of ketones is 1. The molecule has 2 rings (SSSR count). The summed E-state index contributed by atoms with van der Waals surface area (Å²) in [6.45, 7) is 6.09. The van der Waals surface area contributed by atoms with Gasteiger partial charge in [0.05, 0.1) is 18.1 Å². The van der Waals surface area contributed by atoms with E-state index in [2.05, 4.69) is 0 Å². The van der Waals surface area contributed by atoms with Crippen LogP contribution < -0.4 is 0 Å². The van der Waals surface area contributed by atoms with Gasteiger partial charge in [-0.15, -0.1) is 0 Å². The lowest BCUT2D eigenvalue weighted by Crippen LogP contribution is -2.41. The molecule has 0 radical (unpaired) electrons.